The lowest BCUT2D eigenvalue weighted by molar-refractivity contribution is 0.0526. The first kappa shape index (κ1) is 27.3. The average molecular weight is 493 g/mol. The third-order valence-electron chi connectivity index (χ3n) is 8.02. The second-order valence-electron chi connectivity index (χ2n) is 11.9. The fourth-order valence-corrected chi connectivity index (χ4v) is 5.66. The molecule has 1 aliphatic carbocycles. The highest BCUT2D eigenvalue weighted by Gasteiger charge is 2.41. The summed E-state index contributed by atoms with van der Waals surface area (Å²) in [5.41, 5.74) is 5.60. The van der Waals surface area contributed by atoms with Crippen molar-refractivity contribution in [2.45, 2.75) is 97.2 Å². The standard InChI is InChI=1S/C31H44O3Si/c1-9-33-29(32)25-15-13-24(14-16-25)21-23(2)26-17-18-28(34-35(7,8)30(3,4)5)27(22-26)31(6)19-11-10-12-20-31/h13-18,21-22H,9-12,19-20H2,1-8H3/b23-21+. The summed E-state index contributed by atoms with van der Waals surface area (Å²) in [7, 11) is -1.95. The summed E-state index contributed by atoms with van der Waals surface area (Å²) in [6.45, 7) is 18.4. The maximum Gasteiger partial charge on any atom is 0.338 e. The van der Waals surface area contributed by atoms with Gasteiger partial charge in [0.15, 0.2) is 0 Å². The van der Waals surface area contributed by atoms with Gasteiger partial charge in [-0.25, -0.2) is 4.79 Å². The first-order valence-corrected chi connectivity index (χ1v) is 16.1. The molecule has 190 valence electrons. The summed E-state index contributed by atoms with van der Waals surface area (Å²) in [6, 6.07) is 14.4. The first-order chi connectivity index (χ1) is 16.4. The monoisotopic (exact) mass is 492 g/mol. The van der Waals surface area contributed by atoms with Crippen LogP contribution in [0.25, 0.3) is 11.6 Å². The van der Waals surface area contributed by atoms with Gasteiger partial charge in [-0.15, -0.1) is 0 Å². The Bertz CT molecular complexity index is 1050. The molecule has 0 spiro atoms. The van der Waals surface area contributed by atoms with Crippen LogP contribution in [0.2, 0.25) is 18.1 Å². The minimum atomic E-state index is -1.95. The molecule has 0 radical (unpaired) electrons. The van der Waals surface area contributed by atoms with Gasteiger partial charge in [0.25, 0.3) is 0 Å². The minimum absolute atomic E-state index is 0.146. The maximum absolute atomic E-state index is 12.0. The number of rotatable bonds is 7. The third kappa shape index (κ3) is 6.46. The first-order valence-electron chi connectivity index (χ1n) is 13.2. The zero-order chi connectivity index (χ0) is 25.9. The van der Waals surface area contributed by atoms with E-state index in [2.05, 4.69) is 72.0 Å². The predicted octanol–water partition coefficient (Wildman–Crippen LogP) is 9.03. The molecule has 1 aliphatic rings. The second-order valence-corrected chi connectivity index (χ2v) is 16.6. The Labute approximate surface area is 214 Å². The van der Waals surface area contributed by atoms with Gasteiger partial charge in [0.2, 0.25) is 8.32 Å². The van der Waals surface area contributed by atoms with E-state index < -0.39 is 8.32 Å². The van der Waals surface area contributed by atoms with E-state index in [1.807, 2.05) is 31.2 Å². The van der Waals surface area contributed by atoms with Crippen LogP contribution in [0.5, 0.6) is 5.75 Å². The average Bonchev–Trinajstić information content (AvgIpc) is 2.79. The molecule has 0 atom stereocenters. The van der Waals surface area contributed by atoms with Crippen molar-refractivity contribution in [3.63, 3.8) is 0 Å². The van der Waals surface area contributed by atoms with Crippen molar-refractivity contribution in [2.75, 3.05) is 6.61 Å². The van der Waals surface area contributed by atoms with Crippen LogP contribution in [-0.2, 0) is 10.2 Å². The number of ether oxygens (including phenoxy) is 1. The smallest absolute Gasteiger partial charge is 0.338 e. The molecule has 0 aromatic heterocycles. The van der Waals surface area contributed by atoms with E-state index in [4.69, 9.17) is 9.16 Å². The molecular formula is C31H44O3Si. The maximum atomic E-state index is 12.0. The Morgan fingerprint density at radius 1 is 1.00 bits per heavy atom. The number of hydrogen-bond donors (Lipinski definition) is 0. The van der Waals surface area contributed by atoms with Gasteiger partial charge in [0.1, 0.15) is 5.75 Å². The minimum Gasteiger partial charge on any atom is -0.543 e. The molecule has 0 saturated heterocycles. The molecule has 3 nitrogen and oxygen atoms in total. The molecule has 0 unspecified atom stereocenters. The molecule has 0 aliphatic heterocycles. The Balaban J connectivity index is 1.97. The summed E-state index contributed by atoms with van der Waals surface area (Å²) in [6.07, 6.45) is 8.49. The Kier molecular flexibility index (Phi) is 8.36. The summed E-state index contributed by atoms with van der Waals surface area (Å²) in [5.74, 6) is 0.804. The lowest BCUT2D eigenvalue weighted by Gasteiger charge is -2.40. The lowest BCUT2D eigenvalue weighted by Crippen LogP contribution is -2.44. The Hall–Kier alpha value is -2.33. The van der Waals surface area contributed by atoms with Crippen LogP contribution in [-0.4, -0.2) is 20.9 Å². The number of esters is 1. The number of carbonyl (C=O) groups is 1. The van der Waals surface area contributed by atoms with E-state index in [9.17, 15) is 4.79 Å². The SMILES string of the molecule is CCOC(=O)c1ccc(/C=C(\C)c2ccc(O[Si](C)(C)C(C)(C)C)c(C3(C)CCCCC3)c2)cc1. The van der Waals surface area contributed by atoms with Crippen LogP contribution in [0.1, 0.15) is 101 Å². The Morgan fingerprint density at radius 2 is 1.60 bits per heavy atom. The summed E-state index contributed by atoms with van der Waals surface area (Å²) in [4.78, 5) is 12.0. The van der Waals surface area contributed by atoms with Crippen LogP contribution in [0.4, 0.5) is 0 Å². The van der Waals surface area contributed by atoms with Crippen molar-refractivity contribution in [3.05, 3.63) is 64.7 Å². The van der Waals surface area contributed by atoms with Gasteiger partial charge in [-0.1, -0.05) is 71.2 Å². The van der Waals surface area contributed by atoms with Crippen LogP contribution >= 0.6 is 0 Å². The van der Waals surface area contributed by atoms with Crippen LogP contribution in [0.3, 0.4) is 0 Å². The third-order valence-corrected chi connectivity index (χ3v) is 12.4. The highest BCUT2D eigenvalue weighted by molar-refractivity contribution is 6.74. The zero-order valence-corrected chi connectivity index (χ0v) is 24.1. The topological polar surface area (TPSA) is 35.5 Å². The van der Waals surface area contributed by atoms with Crippen molar-refractivity contribution in [1.29, 1.82) is 0 Å². The van der Waals surface area contributed by atoms with E-state index in [1.54, 1.807) is 0 Å². The lowest BCUT2D eigenvalue weighted by atomic mass is 9.70. The van der Waals surface area contributed by atoms with Crippen molar-refractivity contribution in [1.82, 2.24) is 0 Å². The molecule has 35 heavy (non-hydrogen) atoms. The van der Waals surface area contributed by atoms with Gasteiger partial charge in [0, 0.05) is 0 Å². The van der Waals surface area contributed by atoms with E-state index in [-0.39, 0.29) is 16.4 Å². The molecule has 2 aromatic carbocycles. The van der Waals surface area contributed by atoms with Gasteiger partial charge in [-0.2, -0.15) is 0 Å². The van der Waals surface area contributed by atoms with Gasteiger partial charge in [-0.3, -0.25) is 0 Å². The fourth-order valence-electron chi connectivity index (χ4n) is 4.63. The van der Waals surface area contributed by atoms with Crippen molar-refractivity contribution in [2.24, 2.45) is 0 Å². The molecule has 1 fully saturated rings. The van der Waals surface area contributed by atoms with Crippen molar-refractivity contribution < 1.29 is 14.0 Å². The molecule has 2 aromatic rings. The van der Waals surface area contributed by atoms with E-state index in [1.165, 1.54) is 48.8 Å². The van der Waals surface area contributed by atoms with Gasteiger partial charge >= 0.3 is 5.97 Å². The number of benzene rings is 2. The van der Waals surface area contributed by atoms with Gasteiger partial charge in [0.05, 0.1) is 12.2 Å². The number of carbonyl (C=O) groups excluding carboxylic acids is 1. The molecule has 3 rings (SSSR count). The molecule has 4 heteroatoms. The van der Waals surface area contributed by atoms with Gasteiger partial charge < -0.3 is 9.16 Å². The van der Waals surface area contributed by atoms with Crippen LogP contribution in [0.15, 0.2) is 42.5 Å². The molecule has 0 N–H and O–H groups in total. The normalized spacial score (nSPS) is 16.6. The molecular weight excluding hydrogens is 448 g/mol. The van der Waals surface area contributed by atoms with Crippen LogP contribution in [0, 0.1) is 0 Å². The van der Waals surface area contributed by atoms with Crippen molar-refractivity contribution >= 4 is 25.9 Å². The Morgan fingerprint density at radius 3 is 2.17 bits per heavy atom. The zero-order valence-electron chi connectivity index (χ0n) is 23.1. The van der Waals surface area contributed by atoms with Crippen molar-refractivity contribution in [3.8, 4) is 5.75 Å². The quantitative estimate of drug-likeness (QED) is 0.220. The molecule has 0 bridgehead atoms. The van der Waals surface area contributed by atoms with E-state index in [0.29, 0.717) is 12.2 Å². The second kappa shape index (κ2) is 10.7. The number of hydrogen-bond acceptors (Lipinski definition) is 3. The predicted molar refractivity (Wildman–Crippen MR) is 151 cm³/mol. The summed E-state index contributed by atoms with van der Waals surface area (Å²) in [5, 5.41) is 0.155. The van der Waals surface area contributed by atoms with Crippen LogP contribution < -0.4 is 4.43 Å². The number of allylic oxidation sites excluding steroid dienone is 1. The largest absolute Gasteiger partial charge is 0.543 e. The van der Waals surface area contributed by atoms with E-state index >= 15 is 0 Å². The fraction of sp³-hybridized carbons (Fsp3) is 0.516. The molecule has 0 amide bonds. The molecule has 0 heterocycles. The summed E-state index contributed by atoms with van der Waals surface area (Å²) >= 11 is 0. The highest BCUT2D eigenvalue weighted by atomic mass is 28.4. The van der Waals surface area contributed by atoms with E-state index in [0.717, 1.165) is 11.3 Å². The molecule has 1 saturated carbocycles. The highest BCUT2D eigenvalue weighted by Crippen LogP contribution is 2.46. The summed E-state index contributed by atoms with van der Waals surface area (Å²) < 4.78 is 12.0. The van der Waals surface area contributed by atoms with Gasteiger partial charge in [-0.05, 0) is 96.8 Å².